The van der Waals surface area contributed by atoms with Gasteiger partial charge in [-0.2, -0.15) is 0 Å². The first-order valence-corrected chi connectivity index (χ1v) is 10.9. The minimum atomic E-state index is -0.109. The molecule has 0 aromatic heterocycles. The van der Waals surface area contributed by atoms with Gasteiger partial charge < -0.3 is 25.3 Å². The molecule has 0 radical (unpaired) electrons. The SMILES string of the molecule is I.NC(=NCC1(c2ccc3c(c2)OCO3)CCOCC1)Nc1cccc2c1CCCC2. The highest BCUT2D eigenvalue weighted by atomic mass is 127. The second-order valence-corrected chi connectivity index (χ2v) is 8.44. The second-order valence-electron chi connectivity index (χ2n) is 8.44. The van der Waals surface area contributed by atoms with Crippen molar-refractivity contribution in [2.75, 3.05) is 31.9 Å². The largest absolute Gasteiger partial charge is 0.454 e. The Morgan fingerprint density at radius 1 is 1.03 bits per heavy atom. The predicted octanol–water partition coefficient (Wildman–Crippen LogP) is 4.39. The topological polar surface area (TPSA) is 78.1 Å². The smallest absolute Gasteiger partial charge is 0.231 e. The van der Waals surface area contributed by atoms with Gasteiger partial charge in [0.05, 0.1) is 6.54 Å². The zero-order valence-corrected chi connectivity index (χ0v) is 20.0. The van der Waals surface area contributed by atoms with E-state index in [0.29, 0.717) is 12.5 Å². The van der Waals surface area contributed by atoms with Gasteiger partial charge in [0.15, 0.2) is 17.5 Å². The Morgan fingerprint density at radius 3 is 2.71 bits per heavy atom. The highest BCUT2D eigenvalue weighted by Crippen LogP contribution is 2.41. The first-order chi connectivity index (χ1) is 14.7. The van der Waals surface area contributed by atoms with E-state index in [1.165, 1.54) is 29.5 Å². The van der Waals surface area contributed by atoms with Gasteiger partial charge in [-0.25, -0.2) is 0 Å². The number of rotatable bonds is 4. The normalized spacial score (nSPS) is 19.3. The summed E-state index contributed by atoms with van der Waals surface area (Å²) in [7, 11) is 0. The third-order valence-electron chi connectivity index (χ3n) is 6.65. The highest BCUT2D eigenvalue weighted by molar-refractivity contribution is 14.0. The van der Waals surface area contributed by atoms with Gasteiger partial charge in [-0.1, -0.05) is 18.2 Å². The zero-order chi connectivity index (χ0) is 20.4. The van der Waals surface area contributed by atoms with Gasteiger partial charge in [-0.05, 0) is 73.4 Å². The number of nitrogens with two attached hydrogens (primary N) is 1. The summed E-state index contributed by atoms with van der Waals surface area (Å²) in [5, 5.41) is 3.37. The van der Waals surface area contributed by atoms with E-state index >= 15 is 0 Å². The lowest BCUT2D eigenvalue weighted by Crippen LogP contribution is -2.38. The fourth-order valence-electron chi connectivity index (χ4n) is 4.84. The lowest BCUT2D eigenvalue weighted by molar-refractivity contribution is 0.0531. The van der Waals surface area contributed by atoms with Crippen LogP contribution in [0.2, 0.25) is 0 Å². The van der Waals surface area contributed by atoms with E-state index in [-0.39, 0.29) is 36.2 Å². The molecule has 166 valence electrons. The minimum absolute atomic E-state index is 0. The summed E-state index contributed by atoms with van der Waals surface area (Å²) in [6.07, 6.45) is 6.56. The molecule has 1 aliphatic carbocycles. The average Bonchev–Trinajstić information content (AvgIpc) is 3.27. The Morgan fingerprint density at radius 2 is 1.84 bits per heavy atom. The van der Waals surface area contributed by atoms with Crippen molar-refractivity contribution in [2.45, 2.75) is 43.9 Å². The predicted molar refractivity (Wildman–Crippen MR) is 133 cm³/mol. The Kier molecular flexibility index (Phi) is 6.91. The molecule has 2 aromatic carbocycles. The van der Waals surface area contributed by atoms with Crippen LogP contribution in [0, 0.1) is 0 Å². The molecule has 0 atom stereocenters. The third-order valence-corrected chi connectivity index (χ3v) is 6.65. The minimum Gasteiger partial charge on any atom is -0.454 e. The first kappa shape index (κ1) is 22.2. The summed E-state index contributed by atoms with van der Waals surface area (Å²) >= 11 is 0. The summed E-state index contributed by atoms with van der Waals surface area (Å²) in [5.74, 6) is 2.09. The number of hydrogen-bond donors (Lipinski definition) is 2. The lowest BCUT2D eigenvalue weighted by atomic mass is 9.74. The molecule has 0 saturated carbocycles. The van der Waals surface area contributed by atoms with Crippen molar-refractivity contribution in [3.63, 3.8) is 0 Å². The van der Waals surface area contributed by atoms with Crippen molar-refractivity contribution in [1.82, 2.24) is 0 Å². The molecular formula is C24H30IN3O3. The summed E-state index contributed by atoms with van der Waals surface area (Å²) in [6, 6.07) is 12.7. The van der Waals surface area contributed by atoms with Gasteiger partial charge in [0.1, 0.15) is 0 Å². The van der Waals surface area contributed by atoms with Crippen LogP contribution >= 0.6 is 24.0 Å². The molecule has 2 aromatic rings. The van der Waals surface area contributed by atoms with E-state index in [2.05, 4.69) is 35.6 Å². The monoisotopic (exact) mass is 535 g/mol. The van der Waals surface area contributed by atoms with Crippen molar-refractivity contribution in [3.8, 4) is 11.5 Å². The molecule has 6 nitrogen and oxygen atoms in total. The number of guanidine groups is 1. The van der Waals surface area contributed by atoms with Crippen LogP contribution in [0.25, 0.3) is 0 Å². The Labute approximate surface area is 200 Å². The Hall–Kier alpha value is -2.00. The number of anilines is 1. The lowest BCUT2D eigenvalue weighted by Gasteiger charge is -2.36. The summed E-state index contributed by atoms with van der Waals surface area (Å²) < 4.78 is 16.7. The molecular weight excluding hydrogens is 505 g/mol. The van der Waals surface area contributed by atoms with Crippen LogP contribution in [0.5, 0.6) is 11.5 Å². The number of ether oxygens (including phenoxy) is 3. The Balaban J connectivity index is 0.00000231. The number of nitrogens with one attached hydrogen (secondary N) is 1. The van der Waals surface area contributed by atoms with Crippen LogP contribution < -0.4 is 20.5 Å². The van der Waals surface area contributed by atoms with Crippen LogP contribution in [0.3, 0.4) is 0 Å². The highest BCUT2D eigenvalue weighted by Gasteiger charge is 2.35. The molecule has 7 heteroatoms. The van der Waals surface area contributed by atoms with E-state index in [4.69, 9.17) is 24.9 Å². The quantitative estimate of drug-likeness (QED) is 0.345. The maximum atomic E-state index is 6.35. The molecule has 0 amide bonds. The van der Waals surface area contributed by atoms with E-state index in [1.54, 1.807) is 0 Å². The molecule has 2 aliphatic heterocycles. The number of halogens is 1. The van der Waals surface area contributed by atoms with E-state index in [0.717, 1.165) is 56.1 Å². The summed E-state index contributed by atoms with van der Waals surface area (Å²) in [5.41, 5.74) is 11.4. The van der Waals surface area contributed by atoms with Crippen molar-refractivity contribution in [2.24, 2.45) is 10.7 Å². The molecule has 3 aliphatic rings. The second kappa shape index (κ2) is 9.65. The summed E-state index contributed by atoms with van der Waals surface area (Å²) in [4.78, 5) is 4.79. The van der Waals surface area contributed by atoms with Gasteiger partial charge in [-0.15, -0.1) is 24.0 Å². The van der Waals surface area contributed by atoms with Crippen molar-refractivity contribution >= 4 is 35.6 Å². The van der Waals surface area contributed by atoms with Gasteiger partial charge in [0.25, 0.3) is 0 Å². The summed E-state index contributed by atoms with van der Waals surface area (Å²) in [6.45, 7) is 2.35. The van der Waals surface area contributed by atoms with Gasteiger partial charge in [0.2, 0.25) is 6.79 Å². The van der Waals surface area contributed by atoms with Gasteiger partial charge >= 0.3 is 0 Å². The number of fused-ring (bicyclic) bond motifs is 2. The fourth-order valence-corrected chi connectivity index (χ4v) is 4.84. The number of benzene rings is 2. The fraction of sp³-hybridized carbons (Fsp3) is 0.458. The third kappa shape index (κ3) is 4.62. The van der Waals surface area contributed by atoms with Gasteiger partial charge in [0, 0.05) is 24.3 Å². The molecule has 1 fully saturated rings. The van der Waals surface area contributed by atoms with E-state index in [1.807, 2.05) is 6.07 Å². The molecule has 1 saturated heterocycles. The molecule has 31 heavy (non-hydrogen) atoms. The molecule has 0 spiro atoms. The maximum Gasteiger partial charge on any atom is 0.231 e. The molecule has 2 heterocycles. The van der Waals surface area contributed by atoms with Crippen LogP contribution in [-0.2, 0) is 23.0 Å². The maximum absolute atomic E-state index is 6.35. The molecule has 5 rings (SSSR count). The Bertz CT molecular complexity index is 957. The molecule has 0 bridgehead atoms. The first-order valence-electron chi connectivity index (χ1n) is 10.9. The number of nitrogens with zero attached hydrogens (tertiary/aromatic N) is 1. The number of aliphatic imine (C=N–C) groups is 1. The van der Waals surface area contributed by atoms with Crippen LogP contribution in [0.4, 0.5) is 5.69 Å². The van der Waals surface area contributed by atoms with Crippen molar-refractivity contribution in [3.05, 3.63) is 53.1 Å². The van der Waals surface area contributed by atoms with Crippen molar-refractivity contribution < 1.29 is 14.2 Å². The molecule has 3 N–H and O–H groups in total. The van der Waals surface area contributed by atoms with Crippen LogP contribution in [0.1, 0.15) is 42.4 Å². The number of hydrogen-bond acceptors (Lipinski definition) is 4. The average molecular weight is 535 g/mol. The van der Waals surface area contributed by atoms with E-state index in [9.17, 15) is 0 Å². The molecule has 0 unspecified atom stereocenters. The number of aryl methyl sites for hydroxylation is 1. The van der Waals surface area contributed by atoms with Crippen LogP contribution in [0.15, 0.2) is 41.4 Å². The van der Waals surface area contributed by atoms with E-state index < -0.39 is 0 Å². The van der Waals surface area contributed by atoms with Crippen molar-refractivity contribution in [1.29, 1.82) is 0 Å². The van der Waals surface area contributed by atoms with Crippen LogP contribution in [-0.4, -0.2) is 32.5 Å². The standard InChI is InChI=1S/C24H29N3O3.HI/c25-23(27-20-7-3-5-17-4-1-2-6-19(17)20)26-15-24(10-12-28-13-11-24)18-8-9-21-22(14-18)30-16-29-21;/h3,5,7-9,14H,1-2,4,6,10-13,15-16H2,(H3,25,26,27);1H. The zero-order valence-electron chi connectivity index (χ0n) is 17.7. The van der Waals surface area contributed by atoms with Gasteiger partial charge in [-0.3, -0.25) is 4.99 Å².